The summed E-state index contributed by atoms with van der Waals surface area (Å²) in [6, 6.07) is 0. The molecule has 0 spiro atoms. The fourth-order valence-electron chi connectivity index (χ4n) is 1.91. The van der Waals surface area contributed by atoms with E-state index in [2.05, 4.69) is 5.32 Å². The molecule has 1 heterocycles. The Morgan fingerprint density at radius 3 is 2.47 bits per heavy atom. The monoisotopic (exact) mass is 244 g/mol. The van der Waals surface area contributed by atoms with Crippen LogP contribution in [0.1, 0.15) is 26.2 Å². The minimum absolute atomic E-state index is 0.231. The Balaban J connectivity index is 2.73. The molecular formula is C11H20N2O4. The zero-order valence-electron chi connectivity index (χ0n) is 10.1. The van der Waals surface area contributed by atoms with Gasteiger partial charge in [-0.3, -0.25) is 4.79 Å². The zero-order valence-corrected chi connectivity index (χ0v) is 10.1. The van der Waals surface area contributed by atoms with E-state index in [0.717, 1.165) is 0 Å². The Morgan fingerprint density at radius 1 is 1.47 bits per heavy atom. The van der Waals surface area contributed by atoms with Gasteiger partial charge in [0.2, 0.25) is 5.91 Å². The third kappa shape index (κ3) is 3.17. The summed E-state index contributed by atoms with van der Waals surface area (Å²) in [5.74, 6) is -1.60. The first-order chi connectivity index (χ1) is 8.05. The van der Waals surface area contributed by atoms with Crippen molar-refractivity contribution in [2.75, 3.05) is 19.8 Å². The topological polar surface area (TPSA) is 102 Å². The van der Waals surface area contributed by atoms with Crippen LogP contribution in [0.15, 0.2) is 0 Å². The molecule has 0 saturated carbocycles. The van der Waals surface area contributed by atoms with Crippen molar-refractivity contribution >= 4 is 11.9 Å². The van der Waals surface area contributed by atoms with Gasteiger partial charge in [-0.25, -0.2) is 4.79 Å². The van der Waals surface area contributed by atoms with Crippen molar-refractivity contribution in [1.29, 1.82) is 0 Å². The summed E-state index contributed by atoms with van der Waals surface area (Å²) in [6.07, 6.45) is 1.21. The minimum Gasteiger partial charge on any atom is -0.480 e. The van der Waals surface area contributed by atoms with E-state index in [-0.39, 0.29) is 18.4 Å². The molecule has 4 N–H and O–H groups in total. The fraction of sp³-hybridized carbons (Fsp3) is 0.818. The number of ether oxygens (including phenoxy) is 1. The van der Waals surface area contributed by atoms with E-state index in [9.17, 15) is 14.7 Å². The predicted octanol–water partition coefficient (Wildman–Crippen LogP) is -0.279. The molecule has 1 unspecified atom stereocenters. The van der Waals surface area contributed by atoms with Crippen LogP contribution in [0, 0.1) is 5.92 Å². The van der Waals surface area contributed by atoms with Gasteiger partial charge in [-0.2, -0.15) is 0 Å². The molecule has 0 bridgehead atoms. The number of carbonyl (C=O) groups is 2. The van der Waals surface area contributed by atoms with E-state index >= 15 is 0 Å². The van der Waals surface area contributed by atoms with E-state index in [1.54, 1.807) is 0 Å². The Morgan fingerprint density at radius 2 is 2.06 bits per heavy atom. The molecule has 6 heteroatoms. The SMILES string of the molecule is CCC(CN)C(=O)NC1(C(=O)O)CCOCC1. The van der Waals surface area contributed by atoms with Crippen LogP contribution in [-0.4, -0.2) is 42.3 Å². The van der Waals surface area contributed by atoms with Crippen LogP contribution < -0.4 is 11.1 Å². The average Bonchev–Trinajstić information content (AvgIpc) is 2.31. The lowest BCUT2D eigenvalue weighted by Gasteiger charge is -2.34. The summed E-state index contributed by atoms with van der Waals surface area (Å²) in [5, 5.41) is 11.9. The van der Waals surface area contributed by atoms with E-state index in [1.165, 1.54) is 0 Å². The molecule has 0 radical (unpaired) electrons. The number of rotatable bonds is 5. The van der Waals surface area contributed by atoms with Gasteiger partial charge in [0, 0.05) is 38.5 Å². The number of carboxylic acid groups (broad SMARTS) is 1. The van der Waals surface area contributed by atoms with Crippen molar-refractivity contribution in [3.05, 3.63) is 0 Å². The molecule has 1 fully saturated rings. The largest absolute Gasteiger partial charge is 0.480 e. The van der Waals surface area contributed by atoms with Gasteiger partial charge in [0.25, 0.3) is 0 Å². The van der Waals surface area contributed by atoms with E-state index < -0.39 is 11.5 Å². The van der Waals surface area contributed by atoms with Gasteiger partial charge < -0.3 is 20.9 Å². The van der Waals surface area contributed by atoms with Gasteiger partial charge in [0.1, 0.15) is 5.54 Å². The molecule has 17 heavy (non-hydrogen) atoms. The molecule has 0 aromatic rings. The highest BCUT2D eigenvalue weighted by molar-refractivity contribution is 5.88. The molecule has 98 valence electrons. The minimum atomic E-state index is -1.18. The lowest BCUT2D eigenvalue weighted by molar-refractivity contribution is -0.152. The molecular weight excluding hydrogens is 224 g/mol. The Labute approximate surface area is 101 Å². The molecule has 6 nitrogen and oxygen atoms in total. The molecule has 0 aromatic carbocycles. The highest BCUT2D eigenvalue weighted by Gasteiger charge is 2.42. The summed E-state index contributed by atoms with van der Waals surface area (Å²) >= 11 is 0. The van der Waals surface area contributed by atoms with Gasteiger partial charge >= 0.3 is 5.97 Å². The van der Waals surface area contributed by atoms with Crippen LogP contribution in [0.2, 0.25) is 0 Å². The second-order valence-electron chi connectivity index (χ2n) is 4.33. The fourth-order valence-corrected chi connectivity index (χ4v) is 1.91. The number of aliphatic carboxylic acids is 1. The maximum absolute atomic E-state index is 11.9. The van der Waals surface area contributed by atoms with E-state index in [4.69, 9.17) is 10.5 Å². The van der Waals surface area contributed by atoms with Crippen molar-refractivity contribution in [3.8, 4) is 0 Å². The highest BCUT2D eigenvalue weighted by atomic mass is 16.5. The van der Waals surface area contributed by atoms with Gasteiger partial charge in [-0.15, -0.1) is 0 Å². The van der Waals surface area contributed by atoms with Crippen LogP contribution in [0.4, 0.5) is 0 Å². The summed E-state index contributed by atoms with van der Waals surface area (Å²) in [7, 11) is 0. The predicted molar refractivity (Wildman–Crippen MR) is 61.4 cm³/mol. The number of nitrogens with one attached hydrogen (secondary N) is 1. The van der Waals surface area contributed by atoms with Crippen LogP contribution in [0.25, 0.3) is 0 Å². The van der Waals surface area contributed by atoms with Crippen molar-refractivity contribution in [1.82, 2.24) is 5.32 Å². The molecule has 1 atom stereocenters. The van der Waals surface area contributed by atoms with Crippen molar-refractivity contribution in [3.63, 3.8) is 0 Å². The second-order valence-corrected chi connectivity index (χ2v) is 4.33. The van der Waals surface area contributed by atoms with Crippen LogP contribution in [-0.2, 0) is 14.3 Å². The first-order valence-electron chi connectivity index (χ1n) is 5.89. The Hall–Kier alpha value is -1.14. The summed E-state index contributed by atoms with van der Waals surface area (Å²) < 4.78 is 5.13. The highest BCUT2D eigenvalue weighted by Crippen LogP contribution is 2.21. The van der Waals surface area contributed by atoms with Crippen LogP contribution in [0.5, 0.6) is 0 Å². The molecule has 0 aliphatic carbocycles. The lowest BCUT2D eigenvalue weighted by Crippen LogP contribution is -2.59. The second kappa shape index (κ2) is 5.97. The van der Waals surface area contributed by atoms with Crippen LogP contribution in [0.3, 0.4) is 0 Å². The molecule has 1 rings (SSSR count). The summed E-state index contributed by atoms with van der Waals surface area (Å²) in [6.45, 7) is 2.79. The number of amides is 1. The smallest absolute Gasteiger partial charge is 0.329 e. The first-order valence-corrected chi connectivity index (χ1v) is 5.89. The third-order valence-electron chi connectivity index (χ3n) is 3.27. The van der Waals surface area contributed by atoms with Gasteiger partial charge in [-0.1, -0.05) is 6.92 Å². The number of carbonyl (C=O) groups excluding carboxylic acids is 1. The van der Waals surface area contributed by atoms with Gasteiger partial charge in [0.15, 0.2) is 0 Å². The zero-order chi connectivity index (χ0) is 12.9. The maximum Gasteiger partial charge on any atom is 0.329 e. The van der Waals surface area contributed by atoms with Gasteiger partial charge in [0.05, 0.1) is 0 Å². The van der Waals surface area contributed by atoms with E-state index in [1.807, 2.05) is 6.92 Å². The Bertz CT molecular complexity index is 283. The molecule has 1 saturated heterocycles. The van der Waals surface area contributed by atoms with E-state index in [0.29, 0.717) is 32.5 Å². The standard InChI is InChI=1S/C11H20N2O4/c1-2-8(7-12)9(14)13-11(10(15)16)3-5-17-6-4-11/h8H,2-7,12H2,1H3,(H,13,14)(H,15,16). The molecule has 1 aliphatic heterocycles. The van der Waals surface area contributed by atoms with Crippen molar-refractivity contribution in [2.24, 2.45) is 11.7 Å². The van der Waals surface area contributed by atoms with Gasteiger partial charge in [-0.05, 0) is 6.42 Å². The molecule has 1 amide bonds. The maximum atomic E-state index is 11.9. The lowest BCUT2D eigenvalue weighted by atomic mass is 9.89. The first kappa shape index (κ1) is 13.9. The Kier molecular flexibility index (Phi) is 4.89. The number of hydrogen-bond acceptors (Lipinski definition) is 4. The normalized spacial score (nSPS) is 20.6. The van der Waals surface area contributed by atoms with Crippen molar-refractivity contribution < 1.29 is 19.4 Å². The molecule has 1 aliphatic rings. The number of nitrogens with two attached hydrogens (primary N) is 1. The van der Waals surface area contributed by atoms with Crippen molar-refractivity contribution in [2.45, 2.75) is 31.7 Å². The molecule has 0 aromatic heterocycles. The summed E-state index contributed by atoms with van der Waals surface area (Å²) in [4.78, 5) is 23.2. The number of carboxylic acids is 1. The number of hydrogen-bond donors (Lipinski definition) is 3. The quantitative estimate of drug-likeness (QED) is 0.617. The third-order valence-corrected chi connectivity index (χ3v) is 3.27. The average molecular weight is 244 g/mol. The van der Waals surface area contributed by atoms with Crippen LogP contribution >= 0.6 is 0 Å². The summed E-state index contributed by atoms with van der Waals surface area (Å²) in [5.41, 5.74) is 4.29.